The number of ether oxygens (including phenoxy) is 3. The summed E-state index contributed by atoms with van der Waals surface area (Å²) in [6, 6.07) is 13.7. The second-order valence-electron chi connectivity index (χ2n) is 8.65. The van der Waals surface area contributed by atoms with Crippen molar-refractivity contribution in [1.29, 1.82) is 0 Å². The van der Waals surface area contributed by atoms with Gasteiger partial charge in [-0.25, -0.2) is 4.79 Å². The number of rotatable bonds is 9. The lowest BCUT2D eigenvalue weighted by atomic mass is 10.0. The van der Waals surface area contributed by atoms with E-state index in [4.69, 9.17) is 25.8 Å². The normalized spacial score (nSPS) is 18.5. The summed E-state index contributed by atoms with van der Waals surface area (Å²) in [6.45, 7) is 4.71. The molecule has 1 N–H and O–H groups in total. The quantitative estimate of drug-likeness (QED) is 0.389. The molecule has 2 amide bonds. The van der Waals surface area contributed by atoms with Crippen LogP contribution < -0.4 is 15.0 Å². The molecular weight excluding hydrogens is 496 g/mol. The first-order valence-electron chi connectivity index (χ1n) is 12.2. The van der Waals surface area contributed by atoms with E-state index in [-0.39, 0.29) is 42.3 Å². The Labute approximate surface area is 220 Å². The summed E-state index contributed by atoms with van der Waals surface area (Å²) < 4.78 is 16.3. The van der Waals surface area contributed by atoms with E-state index in [1.807, 2.05) is 0 Å². The molecule has 0 spiro atoms. The second-order valence-corrected chi connectivity index (χ2v) is 9.09. The molecule has 1 fully saturated rings. The molecule has 2 heterocycles. The summed E-state index contributed by atoms with van der Waals surface area (Å²) in [5, 5.41) is 3.36. The molecule has 2 aliphatic heterocycles. The predicted molar refractivity (Wildman–Crippen MR) is 140 cm³/mol. The molecule has 9 heteroatoms. The minimum absolute atomic E-state index is 0.0716. The molecule has 0 aromatic heterocycles. The third kappa shape index (κ3) is 6.39. The Bertz CT molecular complexity index is 1210. The molecule has 0 saturated carbocycles. The van der Waals surface area contributed by atoms with Crippen molar-refractivity contribution in [1.82, 2.24) is 5.32 Å². The van der Waals surface area contributed by atoms with Gasteiger partial charge in [0.2, 0.25) is 0 Å². The monoisotopic (exact) mass is 524 g/mol. The van der Waals surface area contributed by atoms with Crippen LogP contribution in [0.4, 0.5) is 5.69 Å². The van der Waals surface area contributed by atoms with Gasteiger partial charge in [0.25, 0.3) is 11.8 Å². The highest BCUT2D eigenvalue weighted by Gasteiger charge is 2.38. The number of anilines is 1. The lowest BCUT2D eigenvalue weighted by Crippen LogP contribution is -2.35. The van der Waals surface area contributed by atoms with Crippen LogP contribution in [-0.2, 0) is 23.9 Å². The number of amides is 2. The van der Waals surface area contributed by atoms with Crippen LogP contribution in [0.15, 0.2) is 65.4 Å². The Morgan fingerprint density at radius 1 is 1.16 bits per heavy atom. The number of nitrogens with one attached hydrogen (secondary N) is 1. The highest BCUT2D eigenvalue weighted by atomic mass is 35.5. The van der Waals surface area contributed by atoms with Gasteiger partial charge in [-0.2, -0.15) is 0 Å². The van der Waals surface area contributed by atoms with Gasteiger partial charge in [-0.3, -0.25) is 14.5 Å². The van der Waals surface area contributed by atoms with E-state index in [0.29, 0.717) is 34.3 Å². The molecule has 37 heavy (non-hydrogen) atoms. The number of hydrogen-bond donors (Lipinski definition) is 1. The topological polar surface area (TPSA) is 94.2 Å². The van der Waals surface area contributed by atoms with E-state index in [0.717, 1.165) is 19.4 Å². The van der Waals surface area contributed by atoms with Crippen LogP contribution in [0.25, 0.3) is 6.08 Å². The molecule has 0 aliphatic carbocycles. The van der Waals surface area contributed by atoms with Gasteiger partial charge in [-0.05, 0) is 74.7 Å². The van der Waals surface area contributed by atoms with Gasteiger partial charge in [0, 0.05) is 29.6 Å². The highest BCUT2D eigenvalue weighted by Crippen LogP contribution is 2.36. The van der Waals surface area contributed by atoms with Crippen molar-refractivity contribution in [3.63, 3.8) is 0 Å². The Morgan fingerprint density at radius 2 is 1.89 bits per heavy atom. The lowest BCUT2D eigenvalue weighted by molar-refractivity contribution is -0.138. The molecule has 2 aromatic carbocycles. The first-order valence-corrected chi connectivity index (χ1v) is 12.6. The van der Waals surface area contributed by atoms with E-state index in [9.17, 15) is 14.4 Å². The fourth-order valence-electron chi connectivity index (χ4n) is 4.24. The van der Waals surface area contributed by atoms with E-state index < -0.39 is 5.97 Å². The molecule has 1 atom stereocenters. The molecule has 0 unspecified atom stereocenters. The van der Waals surface area contributed by atoms with Gasteiger partial charge in [0.15, 0.2) is 6.61 Å². The van der Waals surface area contributed by atoms with E-state index in [1.54, 1.807) is 68.5 Å². The smallest absolute Gasteiger partial charge is 0.340 e. The first kappa shape index (κ1) is 26.4. The van der Waals surface area contributed by atoms with Crippen LogP contribution >= 0.6 is 11.6 Å². The van der Waals surface area contributed by atoms with E-state index in [2.05, 4.69) is 5.32 Å². The van der Waals surface area contributed by atoms with Crippen LogP contribution in [0.3, 0.4) is 0 Å². The third-order valence-electron chi connectivity index (χ3n) is 6.08. The molecule has 0 bridgehead atoms. The zero-order valence-electron chi connectivity index (χ0n) is 20.8. The Hall–Kier alpha value is -3.62. The van der Waals surface area contributed by atoms with E-state index >= 15 is 0 Å². The molecule has 4 rings (SSSR count). The van der Waals surface area contributed by atoms with Crippen molar-refractivity contribution in [3.8, 4) is 5.75 Å². The SMILES string of the molecule is CCOC(=O)C1=C(C)N(c2ccc(Cl)cc2)C(=O)/C1=C\c1ccc(OCC(=O)NC[C@@H]2CCCO2)cc1. The maximum atomic E-state index is 13.4. The molecule has 0 radical (unpaired) electrons. The molecule has 2 aromatic rings. The number of hydrogen-bond acceptors (Lipinski definition) is 6. The summed E-state index contributed by atoms with van der Waals surface area (Å²) >= 11 is 6.00. The third-order valence-corrected chi connectivity index (χ3v) is 6.33. The fraction of sp³-hybridized carbons (Fsp3) is 0.321. The molecule has 2 aliphatic rings. The van der Waals surface area contributed by atoms with Gasteiger partial charge in [-0.15, -0.1) is 0 Å². The van der Waals surface area contributed by atoms with Crippen LogP contribution in [0, 0.1) is 0 Å². The maximum Gasteiger partial charge on any atom is 0.340 e. The van der Waals surface area contributed by atoms with Crippen LogP contribution in [-0.4, -0.2) is 50.3 Å². The largest absolute Gasteiger partial charge is 0.484 e. The number of esters is 1. The Morgan fingerprint density at radius 3 is 2.54 bits per heavy atom. The summed E-state index contributed by atoms with van der Waals surface area (Å²) in [4.78, 5) is 39.7. The standard InChI is InChI=1S/C28H29ClN2O6/c1-3-35-28(34)26-18(2)31(21-10-8-20(29)9-11-21)27(33)24(26)15-19-6-12-22(13-7-19)37-17-25(32)30-16-23-5-4-14-36-23/h6-13,15,23H,3-5,14,16-17H2,1-2H3,(H,30,32)/b24-15-/t23-/m0/s1. The highest BCUT2D eigenvalue weighted by molar-refractivity contribution is 6.30. The molecule has 8 nitrogen and oxygen atoms in total. The van der Waals surface area contributed by atoms with Crippen LogP contribution in [0.1, 0.15) is 32.3 Å². The van der Waals surface area contributed by atoms with E-state index in [1.165, 1.54) is 4.90 Å². The zero-order chi connectivity index (χ0) is 26.4. The number of benzene rings is 2. The predicted octanol–water partition coefficient (Wildman–Crippen LogP) is 4.28. The molecule has 194 valence electrons. The van der Waals surface area contributed by atoms with Gasteiger partial charge < -0.3 is 19.5 Å². The van der Waals surface area contributed by atoms with Crippen molar-refractivity contribution in [2.24, 2.45) is 0 Å². The number of nitrogens with zero attached hydrogens (tertiary/aromatic N) is 1. The fourth-order valence-corrected chi connectivity index (χ4v) is 4.37. The number of carbonyl (C=O) groups is 3. The molecule has 1 saturated heterocycles. The average Bonchev–Trinajstić information content (AvgIpc) is 3.49. The molecular formula is C28H29ClN2O6. The second kappa shape index (κ2) is 12.1. The van der Waals surface area contributed by atoms with Gasteiger partial charge >= 0.3 is 5.97 Å². The minimum Gasteiger partial charge on any atom is -0.484 e. The van der Waals surface area contributed by atoms with Crippen molar-refractivity contribution in [3.05, 3.63) is 76.0 Å². The summed E-state index contributed by atoms with van der Waals surface area (Å²) in [7, 11) is 0. The lowest BCUT2D eigenvalue weighted by Gasteiger charge is -2.18. The number of allylic oxidation sites excluding steroid dienone is 1. The van der Waals surface area contributed by atoms with Gasteiger partial charge in [0.05, 0.1) is 23.9 Å². The van der Waals surface area contributed by atoms with Crippen molar-refractivity contribution in [2.45, 2.75) is 32.8 Å². The van der Waals surface area contributed by atoms with Crippen molar-refractivity contribution >= 4 is 41.1 Å². The Balaban J connectivity index is 1.47. The number of carbonyl (C=O) groups excluding carboxylic acids is 3. The Kier molecular flexibility index (Phi) is 8.63. The maximum absolute atomic E-state index is 13.4. The van der Waals surface area contributed by atoms with Crippen molar-refractivity contribution in [2.75, 3.05) is 31.3 Å². The summed E-state index contributed by atoms with van der Waals surface area (Å²) in [5.41, 5.74) is 2.20. The number of halogens is 1. The zero-order valence-corrected chi connectivity index (χ0v) is 21.5. The van der Waals surface area contributed by atoms with Gasteiger partial charge in [-0.1, -0.05) is 23.7 Å². The van der Waals surface area contributed by atoms with Crippen molar-refractivity contribution < 1.29 is 28.6 Å². The van der Waals surface area contributed by atoms with Gasteiger partial charge in [0.1, 0.15) is 5.75 Å². The first-order chi connectivity index (χ1) is 17.9. The summed E-state index contributed by atoms with van der Waals surface area (Å²) in [6.07, 6.45) is 3.68. The van der Waals surface area contributed by atoms with Crippen LogP contribution in [0.5, 0.6) is 5.75 Å². The van der Waals surface area contributed by atoms with Crippen LogP contribution in [0.2, 0.25) is 5.02 Å². The average molecular weight is 525 g/mol. The minimum atomic E-state index is -0.565. The summed E-state index contributed by atoms with van der Waals surface area (Å²) in [5.74, 6) is -0.622.